The molecule has 0 saturated carbocycles. The van der Waals surface area contributed by atoms with Gasteiger partial charge in [-0.25, -0.2) is 19.9 Å². The molecule has 21 rings (SSSR count). The highest BCUT2D eigenvalue weighted by molar-refractivity contribution is 9.10. The number of Topliss-reactive ketones (excluding diaryl/α,β-unsaturated/α-hetero) is 1. The molecule has 0 radical (unpaired) electrons. The van der Waals surface area contributed by atoms with Crippen molar-refractivity contribution in [2.75, 3.05) is 0 Å². The minimum Gasteiger partial charge on any atom is -1.00 e. The van der Waals surface area contributed by atoms with E-state index in [9.17, 15) is 24.4 Å². The maximum absolute atomic E-state index is 11.7. The number of nitrogens with two attached hydrogens (primary N) is 1. The number of carbonyl (C=O) groups is 3. The van der Waals surface area contributed by atoms with Crippen LogP contribution in [0.5, 0.6) is 0 Å². The molecular formula is C117H91BBr2ClN8O5-. The Morgan fingerprint density at radius 1 is 0.328 bits per heavy atom. The summed E-state index contributed by atoms with van der Waals surface area (Å²) < 4.78 is 6.50. The Kier molecular flexibility index (Phi) is 33.0. The predicted octanol–water partition coefficient (Wildman–Crippen LogP) is 28.2. The van der Waals surface area contributed by atoms with Gasteiger partial charge in [-0.15, -0.1) is 12.4 Å². The number of fused-ring (bicyclic) bond motifs is 6. The maximum atomic E-state index is 11.7. The summed E-state index contributed by atoms with van der Waals surface area (Å²) in [5.74, 6) is 1.69. The van der Waals surface area contributed by atoms with Crippen molar-refractivity contribution in [1.82, 2.24) is 29.1 Å². The average molecular weight is 1900 g/mol. The molecule has 0 spiro atoms. The zero-order valence-electron chi connectivity index (χ0n) is 73.9. The molecule has 13 nitrogen and oxygen atoms in total. The fraction of sp³-hybridized carbons (Fsp3) is 0.00855. The molecule has 5 N–H and O–H groups in total. The van der Waals surface area contributed by atoms with Crippen molar-refractivity contribution in [3.8, 4) is 90.3 Å². The number of aromatic nitrogens is 6. The normalized spacial score (nSPS) is 10.5. The maximum Gasteiger partial charge on any atom is 0.488 e. The summed E-state index contributed by atoms with van der Waals surface area (Å²) in [6.07, 6.45) is 4.26. The van der Waals surface area contributed by atoms with Crippen molar-refractivity contribution in [2.24, 2.45) is 5.73 Å². The Morgan fingerprint density at radius 2 is 0.634 bits per heavy atom. The van der Waals surface area contributed by atoms with Crippen LogP contribution in [0.1, 0.15) is 50.6 Å². The first kappa shape index (κ1) is 94.1. The van der Waals surface area contributed by atoms with E-state index in [2.05, 4.69) is 217 Å². The van der Waals surface area contributed by atoms with Crippen LogP contribution in [-0.4, -0.2) is 69.9 Å². The first-order valence-corrected chi connectivity index (χ1v) is 44.6. The van der Waals surface area contributed by atoms with Crippen LogP contribution in [-0.2, 0) is 0 Å². The number of nitrogen functional groups attached to an aromatic ring is 1. The number of aldehydes is 1. The summed E-state index contributed by atoms with van der Waals surface area (Å²) in [6, 6.07) is 156. The van der Waals surface area contributed by atoms with Crippen molar-refractivity contribution in [1.29, 1.82) is 5.41 Å². The van der Waals surface area contributed by atoms with Gasteiger partial charge in [-0.05, 0) is 126 Å². The van der Waals surface area contributed by atoms with Gasteiger partial charge in [0.15, 0.2) is 23.2 Å². The zero-order chi connectivity index (χ0) is 92.0. The lowest BCUT2D eigenvalue weighted by Gasteiger charge is -2.11. The SMILES string of the molecule is Brc1cccc(-c2nc(-c3ccccc3)cc(-c3ccccc3)n2)c1.CC(=O)c1ccccc1.Cl.N=C(N)c1cccc(Br)c1.O=C(/C=C/c1ccccc1)c1ccccc1.O=Cc1ccccc1.OB(O)c1ccc(-n2c3ccccc3c3ccccc32)cc1.[H-].c1ccc(-c2cc(-c3ccccc3)nc(-c3cccc(-c4ccc(-n5c6ccccc6c6ccccc65)cc4)c3)n2)cc1. The standard InChI is InChI=1S/C40H27N3.C22H15BrN2.C18H14BNO2.C15H12O.C8H8O.C7H7BrN2.C7H6O.ClH.H/c1-3-12-29(13-4-1)36-27-37(30-14-5-2-6-15-30)42-40(41-36)32-17-11-16-31(26-32)28-22-24-33(25-23-28)43-38-20-9-7-18-34(38)35-19-8-10-21-39(35)43;23-19-13-7-12-18(14-19)22-24-20(16-8-3-1-4-9-16)15-21(25-22)17-10-5-2-6-11-17;21-19(22)13-9-11-14(12-10-13)20-17-7-3-1-5-15(17)16-6-2-4-8-18(16)20;16-15(14-9-5-2-6-10-14)12-11-13-7-3-1-4-8-13;1-7(9)8-5-3-2-4-6-8;8-6-3-1-2-5(4-6)7(9)10;8-6-7-4-2-1-3-5-7;;/h1-27H;1-15H;1-12,21-22H;1-12H;2-6H,1H3;1-4H,(H3,9,10);1-6H;1H;/q;;;;;;;;-1/b;;;12-11+;;;;;. The number of benzene rings is 17. The molecule has 0 unspecified atom stereocenters. The Morgan fingerprint density at radius 3 is 0.978 bits per heavy atom. The number of rotatable bonds is 16. The molecular weight excluding hydrogens is 1800 g/mol. The molecule has 17 aromatic carbocycles. The third kappa shape index (κ3) is 24.7. The highest BCUT2D eigenvalue weighted by atomic mass is 79.9. The topological polar surface area (TPSA) is 203 Å². The number of carbonyl (C=O) groups excluding carboxylic acids is 3. The first-order chi connectivity index (χ1) is 65.2. The number of nitrogens with zero attached hydrogens (tertiary/aromatic N) is 6. The Bertz CT molecular complexity index is 7310. The van der Waals surface area contributed by atoms with Crippen molar-refractivity contribution in [3.05, 3.63) is 516 Å². The summed E-state index contributed by atoms with van der Waals surface area (Å²) >= 11 is 6.81. The summed E-state index contributed by atoms with van der Waals surface area (Å²) in [7, 11) is -1.44. The van der Waals surface area contributed by atoms with Crippen molar-refractivity contribution >= 4 is 130 Å². The van der Waals surface area contributed by atoms with Crippen LogP contribution in [0.15, 0.2) is 488 Å². The molecule has 17 heteroatoms. The third-order valence-corrected chi connectivity index (χ3v) is 22.5. The average Bonchev–Trinajstić information content (AvgIpc) is 1.60. The number of halogens is 3. The Hall–Kier alpha value is -16.0. The number of para-hydroxylation sites is 4. The van der Waals surface area contributed by atoms with Gasteiger partial charge in [-0.1, -0.05) is 420 Å². The number of hydrogen-bond acceptors (Lipinski definition) is 10. The van der Waals surface area contributed by atoms with Crippen LogP contribution in [0.4, 0.5) is 0 Å². The number of amidine groups is 1. The van der Waals surface area contributed by atoms with Crippen LogP contribution in [0.3, 0.4) is 0 Å². The van der Waals surface area contributed by atoms with E-state index in [1.54, 1.807) is 43.3 Å². The summed E-state index contributed by atoms with van der Waals surface area (Å²) in [5.41, 5.74) is 28.8. The van der Waals surface area contributed by atoms with E-state index in [1.807, 2.05) is 273 Å². The summed E-state index contributed by atoms with van der Waals surface area (Å²) in [5, 5.41) is 30.5. The molecule has 0 amide bonds. The van der Waals surface area contributed by atoms with Gasteiger partial charge in [0.25, 0.3) is 0 Å². The second-order valence-electron chi connectivity index (χ2n) is 30.6. The second kappa shape index (κ2) is 47.0. The van der Waals surface area contributed by atoms with Gasteiger partial charge in [0.05, 0.1) is 44.8 Å². The predicted molar refractivity (Wildman–Crippen MR) is 563 cm³/mol. The van der Waals surface area contributed by atoms with Crippen molar-refractivity contribution in [2.45, 2.75) is 6.92 Å². The lowest BCUT2D eigenvalue weighted by atomic mass is 9.80. The molecule has 21 aromatic rings. The van der Waals surface area contributed by atoms with Crippen molar-refractivity contribution < 1.29 is 25.9 Å². The van der Waals surface area contributed by atoms with Gasteiger partial charge in [-0.2, -0.15) is 0 Å². The lowest BCUT2D eigenvalue weighted by Crippen LogP contribution is -2.29. The number of ketones is 2. The Labute approximate surface area is 803 Å². The van der Waals surface area contributed by atoms with Gasteiger partial charge in [0.2, 0.25) is 0 Å². The van der Waals surface area contributed by atoms with E-state index in [0.717, 1.165) is 139 Å². The minimum absolute atomic E-state index is 0. The van der Waals surface area contributed by atoms with Crippen LogP contribution < -0.4 is 11.2 Å². The van der Waals surface area contributed by atoms with E-state index in [1.165, 1.54) is 32.6 Å². The fourth-order valence-electron chi connectivity index (χ4n) is 14.9. The highest BCUT2D eigenvalue weighted by Gasteiger charge is 2.18. The second-order valence-corrected chi connectivity index (χ2v) is 32.4. The van der Waals surface area contributed by atoms with Crippen LogP contribution in [0, 0.1) is 5.41 Å². The van der Waals surface area contributed by atoms with E-state index in [-0.39, 0.29) is 31.2 Å². The van der Waals surface area contributed by atoms with Crippen molar-refractivity contribution in [3.63, 3.8) is 0 Å². The smallest absolute Gasteiger partial charge is 0.488 e. The van der Waals surface area contributed by atoms with E-state index in [4.69, 9.17) is 31.1 Å². The molecule has 4 aromatic heterocycles. The molecule has 654 valence electrons. The Balaban J connectivity index is 0.000000145. The molecule has 4 heterocycles. The lowest BCUT2D eigenvalue weighted by molar-refractivity contribution is 0.101. The van der Waals surface area contributed by atoms with Gasteiger partial charge in [0.1, 0.15) is 12.1 Å². The highest BCUT2D eigenvalue weighted by Crippen LogP contribution is 2.37. The van der Waals surface area contributed by atoms with E-state index < -0.39 is 7.12 Å². The monoisotopic (exact) mass is 1890 g/mol. The van der Waals surface area contributed by atoms with Crippen LogP contribution in [0.25, 0.3) is 140 Å². The molecule has 0 aliphatic heterocycles. The molecule has 0 fully saturated rings. The van der Waals surface area contributed by atoms with Crippen LogP contribution in [0.2, 0.25) is 0 Å². The molecule has 0 atom stereocenters. The first-order valence-electron chi connectivity index (χ1n) is 43.1. The summed E-state index contributed by atoms with van der Waals surface area (Å²) in [4.78, 5) is 52.1. The van der Waals surface area contributed by atoms with Gasteiger partial charge in [-0.3, -0.25) is 19.8 Å². The van der Waals surface area contributed by atoms with Gasteiger partial charge in [0, 0.05) is 97.5 Å². The minimum atomic E-state index is -1.44. The summed E-state index contributed by atoms with van der Waals surface area (Å²) in [6.45, 7) is 1.56. The largest absolute Gasteiger partial charge is 1.00 e. The molecule has 0 aliphatic rings. The molecule has 0 saturated heterocycles. The molecule has 0 bridgehead atoms. The van der Waals surface area contributed by atoms with Gasteiger partial charge >= 0.3 is 7.12 Å². The number of hydrogen-bond donors (Lipinski definition) is 4. The van der Waals surface area contributed by atoms with Gasteiger partial charge < -0.3 is 26.3 Å². The number of nitrogens with one attached hydrogen (secondary N) is 1. The van der Waals surface area contributed by atoms with E-state index in [0.29, 0.717) is 11.3 Å². The number of allylic oxidation sites excluding steroid dienone is 1. The molecule has 0 aliphatic carbocycles. The third-order valence-electron chi connectivity index (χ3n) is 21.5. The van der Waals surface area contributed by atoms with E-state index >= 15 is 0 Å². The quantitative estimate of drug-likeness (QED) is 0.0180. The molecule has 134 heavy (non-hydrogen) atoms. The fourth-order valence-corrected chi connectivity index (χ4v) is 15.7. The van der Waals surface area contributed by atoms with Crippen LogP contribution >= 0.6 is 44.3 Å². The zero-order valence-corrected chi connectivity index (χ0v) is 76.9.